The summed E-state index contributed by atoms with van der Waals surface area (Å²) in [7, 11) is 0. The van der Waals surface area contributed by atoms with E-state index in [2.05, 4.69) is 12.1 Å². The molecule has 0 atom stereocenters. The van der Waals surface area contributed by atoms with E-state index in [-0.39, 0.29) is 13.2 Å². The van der Waals surface area contributed by atoms with Crippen molar-refractivity contribution in [3.8, 4) is 19.5 Å². The SMILES string of the molecule is OCc1ccc(-c2ccc(-c3sccc3CO)s2)s1. The molecule has 0 aliphatic heterocycles. The highest BCUT2D eigenvalue weighted by atomic mass is 32.1. The smallest absolute Gasteiger partial charge is 0.0774 e. The third kappa shape index (κ3) is 2.52. The molecule has 0 aliphatic carbocycles. The van der Waals surface area contributed by atoms with Crippen LogP contribution >= 0.6 is 34.0 Å². The molecular weight excluding hydrogens is 296 g/mol. The van der Waals surface area contributed by atoms with Crippen molar-refractivity contribution in [2.75, 3.05) is 0 Å². The maximum Gasteiger partial charge on any atom is 0.0774 e. The summed E-state index contributed by atoms with van der Waals surface area (Å²) in [6, 6.07) is 10.2. The fraction of sp³-hybridized carbons (Fsp3) is 0.143. The van der Waals surface area contributed by atoms with E-state index in [0.29, 0.717) is 0 Å². The van der Waals surface area contributed by atoms with Gasteiger partial charge < -0.3 is 10.2 Å². The van der Waals surface area contributed by atoms with E-state index >= 15 is 0 Å². The molecule has 2 N–H and O–H groups in total. The fourth-order valence-electron chi connectivity index (χ4n) is 1.86. The van der Waals surface area contributed by atoms with Crippen LogP contribution in [0.15, 0.2) is 35.7 Å². The van der Waals surface area contributed by atoms with Crippen molar-refractivity contribution < 1.29 is 10.2 Å². The zero-order chi connectivity index (χ0) is 13.2. The van der Waals surface area contributed by atoms with Gasteiger partial charge in [0.25, 0.3) is 0 Å². The fourth-order valence-corrected chi connectivity index (χ4v) is 4.91. The number of rotatable bonds is 4. The van der Waals surface area contributed by atoms with Gasteiger partial charge in [-0.3, -0.25) is 0 Å². The molecule has 0 radical (unpaired) electrons. The molecule has 3 aromatic rings. The Morgan fingerprint density at radius 1 is 0.789 bits per heavy atom. The normalized spacial score (nSPS) is 11.1. The van der Waals surface area contributed by atoms with Crippen molar-refractivity contribution in [1.82, 2.24) is 0 Å². The van der Waals surface area contributed by atoms with Crippen LogP contribution in [0.25, 0.3) is 19.5 Å². The second kappa shape index (κ2) is 5.56. The summed E-state index contributed by atoms with van der Waals surface area (Å²) in [6.07, 6.45) is 0. The first-order valence-corrected chi connectivity index (χ1v) is 8.30. The Morgan fingerprint density at radius 2 is 1.53 bits per heavy atom. The Bertz CT molecular complexity index is 678. The Kier molecular flexibility index (Phi) is 3.81. The van der Waals surface area contributed by atoms with Crippen molar-refractivity contribution in [3.05, 3.63) is 46.2 Å². The molecule has 0 saturated heterocycles. The Labute approximate surface area is 123 Å². The zero-order valence-electron chi connectivity index (χ0n) is 10.00. The average Bonchev–Trinajstić information content (AvgIpc) is 3.16. The van der Waals surface area contributed by atoms with Crippen LogP contribution in [0.3, 0.4) is 0 Å². The van der Waals surface area contributed by atoms with Gasteiger partial charge in [0.15, 0.2) is 0 Å². The van der Waals surface area contributed by atoms with Crippen LogP contribution in [-0.4, -0.2) is 10.2 Å². The Morgan fingerprint density at radius 3 is 2.26 bits per heavy atom. The summed E-state index contributed by atoms with van der Waals surface area (Å²) in [5, 5.41) is 20.4. The lowest BCUT2D eigenvalue weighted by molar-refractivity contribution is 0.283. The summed E-state index contributed by atoms with van der Waals surface area (Å²) in [5.74, 6) is 0. The molecule has 5 heteroatoms. The number of hydrogen-bond acceptors (Lipinski definition) is 5. The minimum absolute atomic E-state index is 0.0831. The maximum absolute atomic E-state index is 9.31. The molecule has 0 aromatic carbocycles. The average molecular weight is 308 g/mol. The van der Waals surface area contributed by atoms with E-state index in [1.807, 2.05) is 23.6 Å². The molecule has 3 heterocycles. The molecule has 0 fully saturated rings. The molecule has 3 rings (SSSR count). The van der Waals surface area contributed by atoms with Gasteiger partial charge >= 0.3 is 0 Å². The second-order valence-corrected chi connectivity index (χ2v) is 7.19. The summed E-state index contributed by atoms with van der Waals surface area (Å²) in [4.78, 5) is 5.71. The van der Waals surface area contributed by atoms with E-state index in [1.165, 1.54) is 14.6 Å². The maximum atomic E-state index is 9.31. The van der Waals surface area contributed by atoms with Crippen LogP contribution in [0, 0.1) is 0 Å². The highest BCUT2D eigenvalue weighted by molar-refractivity contribution is 7.26. The molecular formula is C14H12O2S3. The summed E-state index contributed by atoms with van der Waals surface area (Å²) in [6.45, 7) is 0.183. The largest absolute Gasteiger partial charge is 0.392 e. The third-order valence-corrected chi connectivity index (χ3v) is 6.29. The lowest BCUT2D eigenvalue weighted by Crippen LogP contribution is -1.79. The highest BCUT2D eigenvalue weighted by Gasteiger charge is 2.11. The Hall–Kier alpha value is -0.980. The quantitative estimate of drug-likeness (QED) is 0.758. The monoisotopic (exact) mass is 308 g/mol. The number of hydrogen-bond donors (Lipinski definition) is 2. The van der Waals surface area contributed by atoms with Crippen molar-refractivity contribution >= 4 is 34.0 Å². The van der Waals surface area contributed by atoms with Crippen molar-refractivity contribution in [1.29, 1.82) is 0 Å². The van der Waals surface area contributed by atoms with Crippen LogP contribution in [0.2, 0.25) is 0 Å². The van der Waals surface area contributed by atoms with Crippen LogP contribution in [0.5, 0.6) is 0 Å². The molecule has 3 aromatic heterocycles. The lowest BCUT2D eigenvalue weighted by Gasteiger charge is -1.96. The molecule has 0 spiro atoms. The minimum Gasteiger partial charge on any atom is -0.392 e. The van der Waals surface area contributed by atoms with E-state index in [4.69, 9.17) is 5.11 Å². The van der Waals surface area contributed by atoms with Gasteiger partial charge in [-0.25, -0.2) is 0 Å². The summed E-state index contributed by atoms with van der Waals surface area (Å²) in [5.41, 5.74) is 0.987. The summed E-state index contributed by atoms with van der Waals surface area (Å²) >= 11 is 5.01. The lowest BCUT2D eigenvalue weighted by atomic mass is 10.2. The molecule has 2 nitrogen and oxygen atoms in total. The molecule has 0 amide bonds. The molecule has 0 saturated carbocycles. The predicted octanol–water partition coefficient (Wildman–Crippen LogP) is 4.19. The van der Waals surface area contributed by atoms with Crippen molar-refractivity contribution in [3.63, 3.8) is 0 Å². The van der Waals surface area contributed by atoms with E-state index in [0.717, 1.165) is 15.3 Å². The van der Waals surface area contributed by atoms with Gasteiger partial charge in [-0.2, -0.15) is 0 Å². The van der Waals surface area contributed by atoms with Crippen LogP contribution in [0.1, 0.15) is 10.4 Å². The van der Waals surface area contributed by atoms with E-state index in [1.54, 1.807) is 34.0 Å². The highest BCUT2D eigenvalue weighted by Crippen LogP contribution is 2.40. The predicted molar refractivity (Wildman–Crippen MR) is 82.8 cm³/mol. The Balaban J connectivity index is 1.95. The standard InChI is InChI=1S/C14H12O2S3/c15-7-9-5-6-17-14(9)13-4-3-12(19-13)11-2-1-10(8-16)18-11/h1-6,15-16H,7-8H2. The molecule has 0 aliphatic rings. The number of thiophene rings is 3. The van der Waals surface area contributed by atoms with Gasteiger partial charge in [-0.15, -0.1) is 34.0 Å². The van der Waals surface area contributed by atoms with Crippen LogP contribution < -0.4 is 0 Å². The van der Waals surface area contributed by atoms with Gasteiger partial charge in [-0.05, 0) is 41.3 Å². The second-order valence-electron chi connectivity index (χ2n) is 4.02. The zero-order valence-corrected chi connectivity index (χ0v) is 12.4. The number of aliphatic hydroxyl groups excluding tert-OH is 2. The number of aliphatic hydroxyl groups is 2. The first kappa shape index (κ1) is 13.0. The molecule has 0 unspecified atom stereocenters. The van der Waals surface area contributed by atoms with Crippen molar-refractivity contribution in [2.24, 2.45) is 0 Å². The minimum atomic E-state index is 0.0831. The van der Waals surface area contributed by atoms with Crippen LogP contribution in [-0.2, 0) is 13.2 Å². The van der Waals surface area contributed by atoms with Gasteiger partial charge in [0.1, 0.15) is 0 Å². The molecule has 0 bridgehead atoms. The van der Waals surface area contributed by atoms with Gasteiger partial charge in [0.05, 0.1) is 13.2 Å². The van der Waals surface area contributed by atoms with Crippen LogP contribution in [0.4, 0.5) is 0 Å². The van der Waals surface area contributed by atoms with Gasteiger partial charge in [0, 0.05) is 24.4 Å². The third-order valence-electron chi connectivity index (χ3n) is 2.81. The first-order valence-electron chi connectivity index (χ1n) is 5.79. The summed E-state index contributed by atoms with van der Waals surface area (Å²) < 4.78 is 0. The molecule has 98 valence electrons. The topological polar surface area (TPSA) is 40.5 Å². The first-order chi connectivity index (χ1) is 9.31. The van der Waals surface area contributed by atoms with Crippen molar-refractivity contribution in [2.45, 2.75) is 13.2 Å². The van der Waals surface area contributed by atoms with Gasteiger partial charge in [0.2, 0.25) is 0 Å². The van der Waals surface area contributed by atoms with Gasteiger partial charge in [-0.1, -0.05) is 0 Å². The van der Waals surface area contributed by atoms with E-state index < -0.39 is 0 Å². The van der Waals surface area contributed by atoms with E-state index in [9.17, 15) is 5.11 Å². The molecule has 19 heavy (non-hydrogen) atoms.